The summed E-state index contributed by atoms with van der Waals surface area (Å²) in [6, 6.07) is 19.8. The van der Waals surface area contributed by atoms with Crippen LogP contribution in [0.5, 0.6) is 0 Å². The summed E-state index contributed by atoms with van der Waals surface area (Å²) >= 11 is 0. The van der Waals surface area contributed by atoms with E-state index in [1.54, 1.807) is 0 Å². The quantitative estimate of drug-likeness (QED) is 0.459. The van der Waals surface area contributed by atoms with E-state index in [1.165, 1.54) is 6.08 Å². The highest BCUT2D eigenvalue weighted by atomic mass is 16.8. The molecule has 2 aromatic rings. The summed E-state index contributed by atoms with van der Waals surface area (Å²) < 4.78 is 29.5. The lowest BCUT2D eigenvalue weighted by Crippen LogP contribution is -2.39. The summed E-state index contributed by atoms with van der Waals surface area (Å²) in [4.78, 5) is 12.4. The standard InChI is InChI=1S/C26H31NO6/c1-18(27-15-19-10-6-4-7-11-19)14-22(28)29-17-21-23(30-16-20-12-8-5-9-13-20)24-25(31-21)33-26(2,3)32-24/h4-14,21,23-25,27H,15-17H2,1-3H3/b18-14-/t21-,23+,24-,25-/m1/s1. The van der Waals surface area contributed by atoms with Crippen LogP contribution in [0.1, 0.15) is 31.9 Å². The van der Waals surface area contributed by atoms with Gasteiger partial charge >= 0.3 is 5.97 Å². The molecular formula is C26H31NO6. The normalized spacial score (nSPS) is 26.1. The second kappa shape index (κ2) is 10.5. The maximum absolute atomic E-state index is 12.4. The van der Waals surface area contributed by atoms with E-state index in [-0.39, 0.29) is 6.61 Å². The molecule has 0 radical (unpaired) electrons. The second-order valence-corrected chi connectivity index (χ2v) is 8.70. The van der Waals surface area contributed by atoms with Gasteiger partial charge in [0.2, 0.25) is 0 Å². The number of fused-ring (bicyclic) bond motifs is 1. The third-order valence-corrected chi connectivity index (χ3v) is 5.51. The molecule has 2 aliphatic heterocycles. The molecule has 0 aromatic heterocycles. The van der Waals surface area contributed by atoms with E-state index in [1.807, 2.05) is 81.4 Å². The molecule has 4 atom stereocenters. The summed E-state index contributed by atoms with van der Waals surface area (Å²) in [5.41, 5.74) is 2.89. The van der Waals surface area contributed by atoms with E-state index < -0.39 is 36.4 Å². The molecule has 2 heterocycles. The molecule has 2 aromatic carbocycles. The molecule has 0 bridgehead atoms. The maximum Gasteiger partial charge on any atom is 0.332 e. The first-order chi connectivity index (χ1) is 15.9. The van der Waals surface area contributed by atoms with Gasteiger partial charge in [0.15, 0.2) is 12.1 Å². The Balaban J connectivity index is 1.31. The van der Waals surface area contributed by atoms with Crippen molar-refractivity contribution in [2.24, 2.45) is 0 Å². The molecule has 0 spiro atoms. The molecule has 0 unspecified atom stereocenters. The number of hydrogen-bond acceptors (Lipinski definition) is 7. The zero-order chi connectivity index (χ0) is 23.3. The number of esters is 1. The molecule has 0 aliphatic carbocycles. The van der Waals surface area contributed by atoms with Gasteiger partial charge in [-0.25, -0.2) is 4.79 Å². The molecule has 2 saturated heterocycles. The van der Waals surface area contributed by atoms with Crippen LogP contribution in [0.3, 0.4) is 0 Å². The molecule has 2 aliphatic rings. The Morgan fingerprint density at radius 3 is 2.39 bits per heavy atom. The van der Waals surface area contributed by atoms with Crippen LogP contribution in [-0.2, 0) is 41.6 Å². The number of carbonyl (C=O) groups is 1. The number of allylic oxidation sites excluding steroid dienone is 1. The molecule has 0 saturated carbocycles. The van der Waals surface area contributed by atoms with E-state index >= 15 is 0 Å². The van der Waals surface area contributed by atoms with Gasteiger partial charge in [-0.2, -0.15) is 0 Å². The first-order valence-corrected chi connectivity index (χ1v) is 11.2. The van der Waals surface area contributed by atoms with Crippen molar-refractivity contribution in [2.75, 3.05) is 6.61 Å². The minimum atomic E-state index is -0.754. The summed E-state index contributed by atoms with van der Waals surface area (Å²) in [6.07, 6.45) is -0.429. The van der Waals surface area contributed by atoms with Gasteiger partial charge in [-0.1, -0.05) is 60.7 Å². The highest BCUT2D eigenvalue weighted by molar-refractivity contribution is 5.82. The number of rotatable bonds is 9. The minimum absolute atomic E-state index is 0.0426. The predicted octanol–water partition coefficient (Wildman–Crippen LogP) is 3.69. The van der Waals surface area contributed by atoms with Crippen LogP contribution in [0.2, 0.25) is 0 Å². The van der Waals surface area contributed by atoms with Gasteiger partial charge in [0, 0.05) is 18.3 Å². The first-order valence-electron chi connectivity index (χ1n) is 11.2. The topological polar surface area (TPSA) is 75.3 Å². The minimum Gasteiger partial charge on any atom is -0.460 e. The van der Waals surface area contributed by atoms with Gasteiger partial charge in [-0.3, -0.25) is 0 Å². The predicted molar refractivity (Wildman–Crippen MR) is 122 cm³/mol. The number of nitrogens with one attached hydrogen (secondary N) is 1. The largest absolute Gasteiger partial charge is 0.460 e. The van der Waals surface area contributed by atoms with Gasteiger partial charge < -0.3 is 29.0 Å². The summed E-state index contributed by atoms with van der Waals surface area (Å²) in [5, 5.41) is 3.21. The van der Waals surface area contributed by atoms with Crippen molar-refractivity contribution in [3.05, 3.63) is 83.6 Å². The third-order valence-electron chi connectivity index (χ3n) is 5.51. The fourth-order valence-electron chi connectivity index (χ4n) is 3.92. The lowest BCUT2D eigenvalue weighted by Gasteiger charge is -2.25. The SMILES string of the molecule is C/C(=C/C(=O)OC[C@H]1O[C@@H]2OC(C)(C)O[C@@H]2[C@H]1OCc1ccccc1)NCc1ccccc1. The lowest BCUT2D eigenvalue weighted by atomic mass is 10.1. The number of benzene rings is 2. The summed E-state index contributed by atoms with van der Waals surface area (Å²) in [7, 11) is 0. The van der Waals surface area contributed by atoms with Crippen LogP contribution in [0.25, 0.3) is 0 Å². The number of ether oxygens (including phenoxy) is 5. The fraction of sp³-hybridized carbons (Fsp3) is 0.423. The third kappa shape index (κ3) is 6.42. The Morgan fingerprint density at radius 2 is 1.70 bits per heavy atom. The lowest BCUT2D eigenvalue weighted by molar-refractivity contribution is -0.224. The Morgan fingerprint density at radius 1 is 1.03 bits per heavy atom. The Bertz CT molecular complexity index is 946. The van der Waals surface area contributed by atoms with E-state index in [0.717, 1.165) is 16.8 Å². The van der Waals surface area contributed by atoms with E-state index in [2.05, 4.69) is 5.32 Å². The molecule has 0 amide bonds. The molecule has 176 valence electrons. The van der Waals surface area contributed by atoms with E-state index in [4.69, 9.17) is 23.7 Å². The van der Waals surface area contributed by atoms with Crippen LogP contribution < -0.4 is 5.32 Å². The van der Waals surface area contributed by atoms with Crippen molar-refractivity contribution in [1.82, 2.24) is 5.32 Å². The molecule has 4 rings (SSSR count). The van der Waals surface area contributed by atoms with Gasteiger partial charge in [0.05, 0.1) is 6.61 Å². The van der Waals surface area contributed by atoms with Crippen LogP contribution >= 0.6 is 0 Å². The fourth-order valence-corrected chi connectivity index (χ4v) is 3.92. The monoisotopic (exact) mass is 453 g/mol. The zero-order valence-corrected chi connectivity index (χ0v) is 19.2. The summed E-state index contributed by atoms with van der Waals surface area (Å²) in [6.45, 7) is 6.58. The average Bonchev–Trinajstić information content (AvgIpc) is 3.27. The highest BCUT2D eigenvalue weighted by Crippen LogP contribution is 2.39. The Hall–Kier alpha value is -2.71. The molecule has 2 fully saturated rings. The van der Waals surface area contributed by atoms with Gasteiger partial charge in [-0.15, -0.1) is 0 Å². The van der Waals surface area contributed by atoms with Gasteiger partial charge in [0.25, 0.3) is 0 Å². The van der Waals surface area contributed by atoms with Crippen molar-refractivity contribution in [1.29, 1.82) is 0 Å². The van der Waals surface area contributed by atoms with Crippen LogP contribution in [0.15, 0.2) is 72.4 Å². The first kappa shape index (κ1) is 23.4. The van der Waals surface area contributed by atoms with Crippen molar-refractivity contribution >= 4 is 5.97 Å². The molecule has 33 heavy (non-hydrogen) atoms. The molecule has 7 nitrogen and oxygen atoms in total. The van der Waals surface area contributed by atoms with Crippen LogP contribution in [0, 0.1) is 0 Å². The number of carbonyl (C=O) groups excluding carboxylic acids is 1. The molecule has 7 heteroatoms. The Labute approximate surface area is 194 Å². The van der Waals surface area contributed by atoms with Crippen molar-refractivity contribution in [2.45, 2.75) is 64.3 Å². The molecular weight excluding hydrogens is 422 g/mol. The van der Waals surface area contributed by atoms with Crippen molar-refractivity contribution < 1.29 is 28.5 Å². The second-order valence-electron chi connectivity index (χ2n) is 8.70. The number of hydrogen-bond donors (Lipinski definition) is 1. The van der Waals surface area contributed by atoms with Crippen LogP contribution in [-0.4, -0.2) is 43.0 Å². The Kier molecular flexibility index (Phi) is 7.45. The highest BCUT2D eigenvalue weighted by Gasteiger charge is 2.55. The van der Waals surface area contributed by atoms with E-state index in [0.29, 0.717) is 13.2 Å². The smallest absolute Gasteiger partial charge is 0.332 e. The van der Waals surface area contributed by atoms with Gasteiger partial charge in [0.1, 0.15) is 24.9 Å². The summed E-state index contributed by atoms with van der Waals surface area (Å²) in [5.74, 6) is -1.20. The average molecular weight is 454 g/mol. The van der Waals surface area contributed by atoms with Crippen LogP contribution in [0.4, 0.5) is 0 Å². The van der Waals surface area contributed by atoms with Crippen molar-refractivity contribution in [3.63, 3.8) is 0 Å². The maximum atomic E-state index is 12.4. The van der Waals surface area contributed by atoms with E-state index in [9.17, 15) is 4.79 Å². The molecule has 1 N–H and O–H groups in total. The van der Waals surface area contributed by atoms with Gasteiger partial charge in [-0.05, 0) is 31.9 Å². The van der Waals surface area contributed by atoms with Crippen molar-refractivity contribution in [3.8, 4) is 0 Å². The zero-order valence-electron chi connectivity index (χ0n) is 19.2.